The molecule has 0 fully saturated rings. The highest BCUT2D eigenvalue weighted by Gasteiger charge is 2.07. The Kier molecular flexibility index (Phi) is 3.39. The summed E-state index contributed by atoms with van der Waals surface area (Å²) >= 11 is 5.60. The van der Waals surface area contributed by atoms with E-state index in [4.69, 9.17) is 11.6 Å². The Morgan fingerprint density at radius 3 is 3.00 bits per heavy atom. The molecule has 4 nitrogen and oxygen atoms in total. The highest BCUT2D eigenvalue weighted by atomic mass is 35.5. The summed E-state index contributed by atoms with van der Waals surface area (Å²) in [5.74, 6) is -0.888. The van der Waals surface area contributed by atoms with Crippen LogP contribution in [0.15, 0.2) is 36.9 Å². The maximum Gasteiger partial charge on any atom is 0.244 e. The van der Waals surface area contributed by atoms with Crippen LogP contribution in [0.3, 0.4) is 0 Å². The number of hydrogen-bond donors (Lipinski definition) is 1. The van der Waals surface area contributed by atoms with Crippen molar-refractivity contribution in [3.05, 3.63) is 47.8 Å². The zero-order valence-corrected chi connectivity index (χ0v) is 9.49. The second-order valence-electron chi connectivity index (χ2n) is 3.41. The van der Waals surface area contributed by atoms with Crippen LogP contribution in [0.2, 0.25) is 5.02 Å². The van der Waals surface area contributed by atoms with E-state index in [1.54, 1.807) is 17.0 Å². The molecule has 2 rings (SSSR count). The van der Waals surface area contributed by atoms with Crippen molar-refractivity contribution in [1.29, 1.82) is 0 Å². The van der Waals surface area contributed by atoms with Crippen LogP contribution in [0.25, 0.3) is 0 Å². The summed E-state index contributed by atoms with van der Waals surface area (Å²) in [6.07, 6.45) is 4.73. The standard InChI is InChI=1S/C11H9ClFN3O/c12-8-1-2-10(9(13)5-8)15-11(17)6-16-4-3-14-7-16/h1-5,7H,6H2,(H,15,17). The number of halogens is 2. The fourth-order valence-electron chi connectivity index (χ4n) is 1.33. The van der Waals surface area contributed by atoms with Crippen molar-refractivity contribution in [1.82, 2.24) is 9.55 Å². The number of hydrogen-bond acceptors (Lipinski definition) is 2. The van der Waals surface area contributed by atoms with Gasteiger partial charge in [-0.3, -0.25) is 4.79 Å². The van der Waals surface area contributed by atoms with Gasteiger partial charge in [-0.1, -0.05) is 11.6 Å². The normalized spacial score (nSPS) is 10.2. The minimum atomic E-state index is -0.559. The molecule has 1 heterocycles. The molecule has 6 heteroatoms. The minimum Gasteiger partial charge on any atom is -0.328 e. The van der Waals surface area contributed by atoms with Crippen LogP contribution in [-0.4, -0.2) is 15.5 Å². The quantitative estimate of drug-likeness (QED) is 0.913. The highest BCUT2D eigenvalue weighted by Crippen LogP contribution is 2.18. The molecule has 1 aromatic carbocycles. The molecule has 1 N–H and O–H groups in total. The second-order valence-corrected chi connectivity index (χ2v) is 3.84. The number of nitrogens with zero attached hydrogens (tertiary/aromatic N) is 2. The van der Waals surface area contributed by atoms with Crippen LogP contribution in [0.1, 0.15) is 0 Å². The van der Waals surface area contributed by atoms with Gasteiger partial charge < -0.3 is 9.88 Å². The summed E-state index contributed by atoms with van der Waals surface area (Å²) in [5, 5.41) is 2.74. The zero-order chi connectivity index (χ0) is 12.3. The Bertz CT molecular complexity index is 528. The Balaban J connectivity index is 2.03. The van der Waals surface area contributed by atoms with E-state index in [0.29, 0.717) is 0 Å². The molecule has 0 aliphatic rings. The average molecular weight is 254 g/mol. The third kappa shape index (κ3) is 3.04. The topological polar surface area (TPSA) is 46.9 Å². The molecule has 2 aromatic rings. The van der Waals surface area contributed by atoms with E-state index in [1.807, 2.05) is 0 Å². The van der Waals surface area contributed by atoms with E-state index in [9.17, 15) is 9.18 Å². The van der Waals surface area contributed by atoms with Crippen molar-refractivity contribution in [2.45, 2.75) is 6.54 Å². The van der Waals surface area contributed by atoms with Gasteiger partial charge in [-0.2, -0.15) is 0 Å². The first-order valence-corrected chi connectivity index (χ1v) is 5.23. The predicted molar refractivity (Wildman–Crippen MR) is 62.3 cm³/mol. The van der Waals surface area contributed by atoms with Gasteiger partial charge in [-0.05, 0) is 18.2 Å². The smallest absolute Gasteiger partial charge is 0.244 e. The van der Waals surface area contributed by atoms with Gasteiger partial charge in [0.2, 0.25) is 5.91 Å². The molecular weight excluding hydrogens is 245 g/mol. The van der Waals surface area contributed by atoms with Gasteiger partial charge in [0.25, 0.3) is 0 Å². The minimum absolute atomic E-state index is 0.0854. The molecule has 17 heavy (non-hydrogen) atoms. The van der Waals surface area contributed by atoms with Crippen LogP contribution in [0.4, 0.5) is 10.1 Å². The first-order chi connectivity index (χ1) is 8.15. The van der Waals surface area contributed by atoms with Crippen LogP contribution in [-0.2, 0) is 11.3 Å². The van der Waals surface area contributed by atoms with Gasteiger partial charge in [0.05, 0.1) is 12.0 Å². The van der Waals surface area contributed by atoms with Gasteiger partial charge >= 0.3 is 0 Å². The van der Waals surface area contributed by atoms with Gasteiger partial charge in [0, 0.05) is 17.4 Å². The monoisotopic (exact) mass is 253 g/mol. The molecule has 1 aromatic heterocycles. The molecule has 0 aliphatic heterocycles. The Morgan fingerprint density at radius 1 is 1.53 bits per heavy atom. The predicted octanol–water partition coefficient (Wildman–Crippen LogP) is 2.31. The lowest BCUT2D eigenvalue weighted by Gasteiger charge is -2.06. The zero-order valence-electron chi connectivity index (χ0n) is 8.73. The summed E-state index contributed by atoms with van der Waals surface area (Å²) in [6.45, 7) is 0.0854. The number of carbonyl (C=O) groups excluding carboxylic acids is 1. The van der Waals surface area contributed by atoms with Crippen molar-refractivity contribution in [2.75, 3.05) is 5.32 Å². The van der Waals surface area contributed by atoms with E-state index in [0.717, 1.165) is 6.07 Å². The van der Waals surface area contributed by atoms with Crippen LogP contribution in [0.5, 0.6) is 0 Å². The number of benzene rings is 1. The lowest BCUT2D eigenvalue weighted by atomic mass is 10.3. The molecule has 0 atom stereocenters. The van der Waals surface area contributed by atoms with Crippen molar-refractivity contribution in [3.63, 3.8) is 0 Å². The SMILES string of the molecule is O=C(Cn1ccnc1)Nc1ccc(Cl)cc1F. The van der Waals surface area contributed by atoms with Crippen molar-refractivity contribution in [3.8, 4) is 0 Å². The molecule has 0 saturated heterocycles. The maximum absolute atomic E-state index is 13.4. The molecule has 88 valence electrons. The van der Waals surface area contributed by atoms with Crippen molar-refractivity contribution < 1.29 is 9.18 Å². The van der Waals surface area contributed by atoms with Gasteiger partial charge in [0.15, 0.2) is 0 Å². The molecular formula is C11H9ClFN3O. The fourth-order valence-corrected chi connectivity index (χ4v) is 1.49. The van der Waals surface area contributed by atoms with E-state index in [2.05, 4.69) is 10.3 Å². The molecule has 0 spiro atoms. The van der Waals surface area contributed by atoms with E-state index >= 15 is 0 Å². The third-order valence-electron chi connectivity index (χ3n) is 2.09. The first-order valence-electron chi connectivity index (χ1n) is 4.86. The third-order valence-corrected chi connectivity index (χ3v) is 2.33. The number of anilines is 1. The van der Waals surface area contributed by atoms with Gasteiger partial charge in [-0.25, -0.2) is 9.37 Å². The van der Waals surface area contributed by atoms with E-state index in [-0.39, 0.29) is 23.2 Å². The number of carbonyl (C=O) groups is 1. The van der Waals surface area contributed by atoms with Crippen LogP contribution < -0.4 is 5.32 Å². The van der Waals surface area contributed by atoms with Crippen molar-refractivity contribution >= 4 is 23.2 Å². The second kappa shape index (κ2) is 4.97. The number of nitrogens with one attached hydrogen (secondary N) is 1. The Hall–Kier alpha value is -1.88. The maximum atomic E-state index is 13.4. The molecule has 0 unspecified atom stereocenters. The summed E-state index contributed by atoms with van der Waals surface area (Å²) in [4.78, 5) is 15.4. The molecule has 0 saturated carbocycles. The largest absolute Gasteiger partial charge is 0.328 e. The summed E-state index contributed by atoms with van der Waals surface area (Å²) in [5.41, 5.74) is 0.111. The van der Waals surface area contributed by atoms with Crippen LogP contribution in [0, 0.1) is 5.82 Å². The number of imidazole rings is 1. The average Bonchev–Trinajstić information content (AvgIpc) is 2.75. The molecule has 1 amide bonds. The molecule has 0 radical (unpaired) electrons. The van der Waals surface area contributed by atoms with Gasteiger partial charge in [0.1, 0.15) is 12.4 Å². The van der Waals surface area contributed by atoms with Gasteiger partial charge in [-0.15, -0.1) is 0 Å². The van der Waals surface area contributed by atoms with E-state index < -0.39 is 5.82 Å². The van der Waals surface area contributed by atoms with Crippen LogP contribution >= 0.6 is 11.6 Å². The summed E-state index contributed by atoms with van der Waals surface area (Å²) in [6, 6.07) is 4.08. The highest BCUT2D eigenvalue weighted by molar-refractivity contribution is 6.30. The molecule has 0 aliphatic carbocycles. The Labute approximate surface area is 102 Å². The van der Waals surface area contributed by atoms with Crippen molar-refractivity contribution in [2.24, 2.45) is 0 Å². The number of amides is 1. The van der Waals surface area contributed by atoms with E-state index in [1.165, 1.54) is 18.5 Å². The number of aromatic nitrogens is 2. The molecule has 0 bridgehead atoms. The lowest BCUT2D eigenvalue weighted by Crippen LogP contribution is -2.18. The fraction of sp³-hybridized carbons (Fsp3) is 0.0909. The number of rotatable bonds is 3. The summed E-state index contributed by atoms with van der Waals surface area (Å²) < 4.78 is 15.0. The summed E-state index contributed by atoms with van der Waals surface area (Å²) in [7, 11) is 0. The lowest BCUT2D eigenvalue weighted by molar-refractivity contribution is -0.116. The Morgan fingerprint density at radius 2 is 2.35 bits per heavy atom. The first kappa shape index (κ1) is 11.6.